The topological polar surface area (TPSA) is 80.7 Å². The molecule has 0 aromatic carbocycles. The van der Waals surface area contributed by atoms with E-state index in [1.807, 2.05) is 0 Å². The molecule has 0 atom stereocenters. The summed E-state index contributed by atoms with van der Waals surface area (Å²) in [5, 5.41) is 0. The number of carbonyl (C=O) groups is 1. The smallest absolute Gasteiger partial charge is 1.00 e. The van der Waals surface area contributed by atoms with E-state index in [1.54, 1.807) is 6.92 Å². The summed E-state index contributed by atoms with van der Waals surface area (Å²) in [5.41, 5.74) is 0. The van der Waals surface area contributed by atoms with Gasteiger partial charge in [-0.25, -0.2) is 4.79 Å². The van der Waals surface area contributed by atoms with Crippen molar-refractivity contribution in [2.45, 2.75) is 13.3 Å². The second kappa shape index (κ2) is 8.22. The first-order valence-electron chi connectivity index (χ1n) is 3.70. The Morgan fingerprint density at radius 2 is 2.14 bits per heavy atom. The molecule has 0 aliphatic heterocycles. The molecule has 5 nitrogen and oxygen atoms in total. The van der Waals surface area contributed by atoms with E-state index in [0.717, 1.165) is 0 Å². The first-order valence-corrected chi connectivity index (χ1v) is 5.31. The number of allylic oxidation sites excluding steroid dienone is 1. The molecule has 0 radical (unpaired) electrons. The predicted octanol–water partition coefficient (Wildman–Crippen LogP) is 0.228. The van der Waals surface area contributed by atoms with E-state index in [4.69, 9.17) is 4.55 Å². The standard InChI is InChI=1S/C7H12O5S.Mg.2H/c1-2-4-7(8)12-5-3-6-13(9,10)11;;;/h2,4H,3,5-6H2,1H3,(H,9,10,11);;;/q;+2;2*-1. The van der Waals surface area contributed by atoms with Gasteiger partial charge in [0.1, 0.15) is 0 Å². The molecule has 0 rings (SSSR count). The molecule has 0 aliphatic rings. The average Bonchev–Trinajstić information content (AvgIpc) is 1.97. The van der Waals surface area contributed by atoms with E-state index in [0.29, 0.717) is 0 Å². The van der Waals surface area contributed by atoms with E-state index in [2.05, 4.69) is 4.74 Å². The maximum absolute atomic E-state index is 10.6. The molecule has 0 saturated heterocycles. The summed E-state index contributed by atoms with van der Waals surface area (Å²) < 4.78 is 33.3. The van der Waals surface area contributed by atoms with Gasteiger partial charge in [-0.1, -0.05) is 6.08 Å². The SMILES string of the molecule is CC=CC(=O)OCCCS(=O)(=O)O.[H-].[H-].[Mg+2]. The fourth-order valence-electron chi connectivity index (χ4n) is 0.598. The Hall–Kier alpha value is -0.114. The molecule has 0 fully saturated rings. The molecule has 1 N–H and O–H groups in total. The number of hydrogen-bond acceptors (Lipinski definition) is 4. The molecule has 0 aromatic heterocycles. The van der Waals surface area contributed by atoms with Gasteiger partial charge in [0.15, 0.2) is 0 Å². The molecule has 0 bridgehead atoms. The van der Waals surface area contributed by atoms with Crippen LogP contribution in [0, 0.1) is 0 Å². The first-order chi connectivity index (χ1) is 5.95. The Balaban J connectivity index is -0.000000240. The van der Waals surface area contributed by atoms with Crippen LogP contribution in [0.3, 0.4) is 0 Å². The van der Waals surface area contributed by atoms with Crippen LogP contribution in [0.25, 0.3) is 0 Å². The van der Waals surface area contributed by atoms with Crippen molar-refractivity contribution in [3.63, 3.8) is 0 Å². The summed E-state index contributed by atoms with van der Waals surface area (Å²) in [6.07, 6.45) is 2.85. The first kappa shape index (κ1) is 16.3. The second-order valence-corrected chi connectivity index (χ2v) is 3.88. The number of ether oxygens (including phenoxy) is 1. The second-order valence-electron chi connectivity index (χ2n) is 2.31. The Labute approximate surface area is 102 Å². The quantitative estimate of drug-likeness (QED) is 0.242. The van der Waals surface area contributed by atoms with Gasteiger partial charge in [0.2, 0.25) is 0 Å². The van der Waals surface area contributed by atoms with Crippen LogP contribution < -0.4 is 0 Å². The van der Waals surface area contributed by atoms with E-state index in [1.165, 1.54) is 12.2 Å². The molecule has 0 aliphatic carbocycles. The molecule has 0 amide bonds. The zero-order valence-corrected chi connectivity index (χ0v) is 10.2. The monoisotopic (exact) mass is 234 g/mol. The third kappa shape index (κ3) is 11.9. The van der Waals surface area contributed by atoms with Crippen molar-refractivity contribution in [1.29, 1.82) is 0 Å². The van der Waals surface area contributed by atoms with Gasteiger partial charge in [-0.15, -0.1) is 0 Å². The minimum atomic E-state index is -3.94. The largest absolute Gasteiger partial charge is 2.00 e. The van der Waals surface area contributed by atoms with Crippen molar-refractivity contribution in [1.82, 2.24) is 0 Å². The van der Waals surface area contributed by atoms with Crippen LogP contribution in [0.1, 0.15) is 16.2 Å². The van der Waals surface area contributed by atoms with Gasteiger partial charge in [-0.3, -0.25) is 4.55 Å². The summed E-state index contributed by atoms with van der Waals surface area (Å²) in [7, 11) is -3.94. The van der Waals surface area contributed by atoms with Crippen LogP contribution in [0.2, 0.25) is 0 Å². The Kier molecular flexibility index (Phi) is 9.58. The molecule has 0 unspecified atom stereocenters. The third-order valence-corrected chi connectivity index (χ3v) is 1.90. The molecule has 14 heavy (non-hydrogen) atoms. The van der Waals surface area contributed by atoms with Crippen LogP contribution in [0.4, 0.5) is 0 Å². The number of rotatable bonds is 5. The van der Waals surface area contributed by atoms with Crippen LogP contribution in [0.15, 0.2) is 12.2 Å². The maximum Gasteiger partial charge on any atom is 2.00 e. The van der Waals surface area contributed by atoms with Gasteiger partial charge in [-0.05, 0) is 13.3 Å². The minimum Gasteiger partial charge on any atom is -1.00 e. The van der Waals surface area contributed by atoms with Gasteiger partial charge >= 0.3 is 29.0 Å². The van der Waals surface area contributed by atoms with Crippen LogP contribution in [-0.2, 0) is 19.6 Å². The fourth-order valence-corrected chi connectivity index (χ4v) is 1.08. The molecule has 0 aromatic rings. The van der Waals surface area contributed by atoms with Crippen molar-refractivity contribution in [2.24, 2.45) is 0 Å². The van der Waals surface area contributed by atoms with Gasteiger partial charge in [0.05, 0.1) is 12.4 Å². The molecular weight excluding hydrogens is 220 g/mol. The van der Waals surface area contributed by atoms with Crippen LogP contribution >= 0.6 is 0 Å². The predicted molar refractivity (Wildman–Crippen MR) is 54.8 cm³/mol. The van der Waals surface area contributed by atoms with Crippen molar-refractivity contribution in [2.75, 3.05) is 12.4 Å². The van der Waals surface area contributed by atoms with E-state index in [-0.39, 0.29) is 38.9 Å². The van der Waals surface area contributed by atoms with Gasteiger partial charge < -0.3 is 7.59 Å². The molecule has 80 valence electrons. The van der Waals surface area contributed by atoms with Gasteiger partial charge in [0.25, 0.3) is 10.1 Å². The maximum atomic E-state index is 10.6. The van der Waals surface area contributed by atoms with Crippen molar-refractivity contribution >= 4 is 39.1 Å². The van der Waals surface area contributed by atoms with E-state index < -0.39 is 21.8 Å². The van der Waals surface area contributed by atoms with Crippen molar-refractivity contribution in [3.8, 4) is 0 Å². The van der Waals surface area contributed by atoms with Crippen molar-refractivity contribution < 1.29 is 25.4 Å². The summed E-state index contributed by atoms with van der Waals surface area (Å²) in [6.45, 7) is 1.66. The summed E-state index contributed by atoms with van der Waals surface area (Å²) in [5.74, 6) is -0.909. The van der Waals surface area contributed by atoms with E-state index in [9.17, 15) is 13.2 Å². The average molecular weight is 235 g/mol. The van der Waals surface area contributed by atoms with E-state index >= 15 is 0 Å². The van der Waals surface area contributed by atoms with Crippen LogP contribution in [-0.4, -0.2) is 54.4 Å². The molecule has 7 heteroatoms. The number of esters is 1. The zero-order valence-electron chi connectivity index (χ0n) is 9.97. The van der Waals surface area contributed by atoms with Gasteiger partial charge in [-0.2, -0.15) is 8.42 Å². The summed E-state index contributed by atoms with van der Waals surface area (Å²) in [4.78, 5) is 10.6. The molecule has 0 saturated carbocycles. The fraction of sp³-hybridized carbons (Fsp3) is 0.571. The number of hydrogen-bond donors (Lipinski definition) is 1. The Bertz CT molecular complexity index is 291. The van der Waals surface area contributed by atoms with Gasteiger partial charge in [0, 0.05) is 6.08 Å². The minimum absolute atomic E-state index is 0. The molecule has 0 heterocycles. The summed E-state index contributed by atoms with van der Waals surface area (Å²) >= 11 is 0. The Morgan fingerprint density at radius 3 is 2.57 bits per heavy atom. The number of carbonyl (C=O) groups excluding carboxylic acids is 1. The molecular formula is C7H14MgO5S. The van der Waals surface area contributed by atoms with Crippen LogP contribution in [0.5, 0.6) is 0 Å². The summed E-state index contributed by atoms with van der Waals surface area (Å²) in [6, 6.07) is 0. The third-order valence-electron chi connectivity index (χ3n) is 1.09. The van der Waals surface area contributed by atoms with Crippen molar-refractivity contribution in [3.05, 3.63) is 12.2 Å². The Morgan fingerprint density at radius 1 is 1.57 bits per heavy atom. The molecule has 0 spiro atoms. The zero-order chi connectivity index (χ0) is 10.3. The normalized spacial score (nSPS) is 11.0.